The van der Waals surface area contributed by atoms with E-state index < -0.39 is 5.60 Å². The number of likely N-dealkylation sites (tertiary alicyclic amines) is 1. The Labute approximate surface area is 107 Å². The van der Waals surface area contributed by atoms with Crippen LogP contribution in [0.25, 0.3) is 0 Å². The molecular weight excluding hydrogens is 232 g/mol. The minimum atomic E-state index is -0.447. The molecule has 6 heteroatoms. The second-order valence-electron chi connectivity index (χ2n) is 5.59. The van der Waals surface area contributed by atoms with Crippen LogP contribution in [0.2, 0.25) is 0 Å². The minimum absolute atomic E-state index is 0.154. The Kier molecular flexibility index (Phi) is 3.54. The number of rotatable bonds is 2. The summed E-state index contributed by atoms with van der Waals surface area (Å²) in [5.74, 6) is 0. The van der Waals surface area contributed by atoms with E-state index in [9.17, 15) is 4.79 Å². The number of nitrogens with zero attached hydrogens (tertiary/aromatic N) is 4. The molecule has 1 atom stereocenters. The maximum Gasteiger partial charge on any atom is 0.410 e. The van der Waals surface area contributed by atoms with Gasteiger partial charge < -0.3 is 9.64 Å². The van der Waals surface area contributed by atoms with Crippen molar-refractivity contribution in [1.29, 1.82) is 0 Å². The summed E-state index contributed by atoms with van der Waals surface area (Å²) >= 11 is 0. The first kappa shape index (κ1) is 12.9. The van der Waals surface area contributed by atoms with E-state index in [1.54, 1.807) is 15.8 Å². The molecule has 18 heavy (non-hydrogen) atoms. The van der Waals surface area contributed by atoms with Gasteiger partial charge in [0.15, 0.2) is 0 Å². The number of carbonyl (C=O) groups is 1. The van der Waals surface area contributed by atoms with Gasteiger partial charge in [0.05, 0.1) is 18.8 Å². The van der Waals surface area contributed by atoms with Gasteiger partial charge in [0.2, 0.25) is 0 Å². The number of carbonyl (C=O) groups excluding carboxylic acids is 1. The summed E-state index contributed by atoms with van der Waals surface area (Å²) in [6, 6.07) is 0.154. The number of aromatic nitrogens is 3. The van der Waals surface area contributed by atoms with E-state index in [4.69, 9.17) is 4.74 Å². The fourth-order valence-electron chi connectivity index (χ4n) is 2.13. The fraction of sp³-hybridized carbons (Fsp3) is 0.750. The van der Waals surface area contributed by atoms with Crippen LogP contribution >= 0.6 is 0 Å². The normalized spacial score (nSPS) is 20.2. The summed E-state index contributed by atoms with van der Waals surface area (Å²) < 4.78 is 7.17. The molecule has 100 valence electrons. The SMILES string of the molecule is CC(C)(C)OC(=O)N1CCC[C@H]1Cn1ccnn1. The second kappa shape index (κ2) is 4.96. The quantitative estimate of drug-likeness (QED) is 0.803. The Bertz CT molecular complexity index is 397. The van der Waals surface area contributed by atoms with E-state index in [0.717, 1.165) is 19.4 Å². The van der Waals surface area contributed by atoms with Gasteiger partial charge in [-0.25, -0.2) is 4.79 Å². The summed E-state index contributed by atoms with van der Waals surface area (Å²) in [5, 5.41) is 7.71. The molecule has 0 radical (unpaired) electrons. The van der Waals surface area contributed by atoms with Crippen LogP contribution in [-0.2, 0) is 11.3 Å². The van der Waals surface area contributed by atoms with Crippen molar-refractivity contribution in [3.63, 3.8) is 0 Å². The molecule has 1 aliphatic heterocycles. The van der Waals surface area contributed by atoms with Crippen molar-refractivity contribution < 1.29 is 9.53 Å². The van der Waals surface area contributed by atoms with Crippen LogP contribution in [0.5, 0.6) is 0 Å². The Morgan fingerprint density at radius 1 is 1.50 bits per heavy atom. The molecule has 0 aliphatic carbocycles. The fourth-order valence-corrected chi connectivity index (χ4v) is 2.13. The lowest BCUT2D eigenvalue weighted by atomic mass is 10.2. The lowest BCUT2D eigenvalue weighted by molar-refractivity contribution is 0.0211. The molecule has 1 aliphatic rings. The molecule has 0 N–H and O–H groups in total. The molecule has 0 saturated carbocycles. The molecule has 1 saturated heterocycles. The first-order valence-corrected chi connectivity index (χ1v) is 6.29. The molecule has 1 fully saturated rings. The van der Waals surface area contributed by atoms with Crippen LogP contribution in [0.3, 0.4) is 0 Å². The maximum atomic E-state index is 12.1. The molecule has 0 bridgehead atoms. The predicted octanol–water partition coefficient (Wildman–Crippen LogP) is 1.68. The minimum Gasteiger partial charge on any atom is -0.444 e. The molecule has 0 spiro atoms. The van der Waals surface area contributed by atoms with E-state index in [0.29, 0.717) is 6.54 Å². The third-order valence-corrected chi connectivity index (χ3v) is 2.87. The maximum absolute atomic E-state index is 12.1. The van der Waals surface area contributed by atoms with Crippen LogP contribution in [0.1, 0.15) is 33.6 Å². The zero-order chi connectivity index (χ0) is 13.2. The smallest absolute Gasteiger partial charge is 0.410 e. The molecule has 0 aromatic carbocycles. The summed E-state index contributed by atoms with van der Waals surface area (Å²) in [4.78, 5) is 13.9. The summed E-state index contributed by atoms with van der Waals surface area (Å²) in [5.41, 5.74) is -0.447. The molecule has 0 unspecified atom stereocenters. The van der Waals surface area contributed by atoms with Crippen molar-refractivity contribution in [2.45, 2.75) is 51.8 Å². The van der Waals surface area contributed by atoms with Crippen LogP contribution < -0.4 is 0 Å². The first-order chi connectivity index (χ1) is 8.46. The second-order valence-corrected chi connectivity index (χ2v) is 5.59. The molecule has 6 nitrogen and oxygen atoms in total. The van der Waals surface area contributed by atoms with Crippen LogP contribution in [0.4, 0.5) is 4.79 Å². The van der Waals surface area contributed by atoms with Gasteiger partial charge in [-0.15, -0.1) is 5.10 Å². The van der Waals surface area contributed by atoms with Gasteiger partial charge in [-0.3, -0.25) is 4.68 Å². The van der Waals surface area contributed by atoms with Crippen LogP contribution in [0, 0.1) is 0 Å². The molecule has 2 rings (SSSR count). The Balaban J connectivity index is 1.97. The van der Waals surface area contributed by atoms with Crippen molar-refractivity contribution in [2.24, 2.45) is 0 Å². The largest absolute Gasteiger partial charge is 0.444 e. The van der Waals surface area contributed by atoms with Gasteiger partial charge >= 0.3 is 6.09 Å². The van der Waals surface area contributed by atoms with Crippen molar-refractivity contribution >= 4 is 6.09 Å². The van der Waals surface area contributed by atoms with Gasteiger partial charge in [0.25, 0.3) is 0 Å². The van der Waals surface area contributed by atoms with Crippen LogP contribution in [-0.4, -0.2) is 44.2 Å². The van der Waals surface area contributed by atoms with E-state index >= 15 is 0 Å². The predicted molar refractivity (Wildman–Crippen MR) is 66.0 cm³/mol. The Hall–Kier alpha value is -1.59. The van der Waals surface area contributed by atoms with E-state index in [1.165, 1.54) is 0 Å². The summed E-state index contributed by atoms with van der Waals surface area (Å²) in [6.07, 6.45) is 5.22. The first-order valence-electron chi connectivity index (χ1n) is 6.29. The molecule has 1 aromatic heterocycles. The monoisotopic (exact) mass is 252 g/mol. The van der Waals surface area contributed by atoms with E-state index in [1.807, 2.05) is 27.0 Å². The van der Waals surface area contributed by atoms with E-state index in [-0.39, 0.29) is 12.1 Å². The van der Waals surface area contributed by atoms with Gasteiger partial charge in [-0.05, 0) is 33.6 Å². The van der Waals surface area contributed by atoms with Crippen molar-refractivity contribution in [1.82, 2.24) is 19.9 Å². The van der Waals surface area contributed by atoms with Crippen molar-refractivity contribution in [2.75, 3.05) is 6.54 Å². The molecular formula is C12H20N4O2. The topological polar surface area (TPSA) is 60.2 Å². The summed E-state index contributed by atoms with van der Waals surface area (Å²) in [6.45, 7) is 7.09. The zero-order valence-electron chi connectivity index (χ0n) is 11.2. The lowest BCUT2D eigenvalue weighted by Gasteiger charge is -2.28. The molecule has 2 heterocycles. The number of hydrogen-bond acceptors (Lipinski definition) is 4. The third-order valence-electron chi connectivity index (χ3n) is 2.87. The van der Waals surface area contributed by atoms with Crippen molar-refractivity contribution in [3.05, 3.63) is 12.4 Å². The van der Waals surface area contributed by atoms with Gasteiger partial charge in [-0.2, -0.15) is 0 Å². The summed E-state index contributed by atoms with van der Waals surface area (Å²) in [7, 11) is 0. The Morgan fingerprint density at radius 2 is 2.28 bits per heavy atom. The molecule has 1 amide bonds. The number of amides is 1. The van der Waals surface area contributed by atoms with Crippen LogP contribution in [0.15, 0.2) is 12.4 Å². The standard InChI is InChI=1S/C12H20N4O2/c1-12(2,3)18-11(17)16-7-4-5-10(16)9-15-8-6-13-14-15/h6,8,10H,4-5,7,9H2,1-3H3/t10-/m0/s1. The highest BCUT2D eigenvalue weighted by molar-refractivity contribution is 5.68. The van der Waals surface area contributed by atoms with Gasteiger partial charge in [-0.1, -0.05) is 5.21 Å². The number of ether oxygens (including phenoxy) is 1. The highest BCUT2D eigenvalue weighted by atomic mass is 16.6. The van der Waals surface area contributed by atoms with Gasteiger partial charge in [0, 0.05) is 12.7 Å². The highest BCUT2D eigenvalue weighted by Gasteiger charge is 2.32. The third kappa shape index (κ3) is 3.21. The van der Waals surface area contributed by atoms with E-state index in [2.05, 4.69) is 10.3 Å². The highest BCUT2D eigenvalue weighted by Crippen LogP contribution is 2.21. The number of hydrogen-bond donors (Lipinski definition) is 0. The average molecular weight is 252 g/mol. The lowest BCUT2D eigenvalue weighted by Crippen LogP contribution is -2.41. The van der Waals surface area contributed by atoms with Crippen molar-refractivity contribution in [3.8, 4) is 0 Å². The zero-order valence-corrected chi connectivity index (χ0v) is 11.2. The molecule has 1 aromatic rings. The average Bonchev–Trinajstić information content (AvgIpc) is 2.86. The van der Waals surface area contributed by atoms with Gasteiger partial charge in [0.1, 0.15) is 5.60 Å². The Morgan fingerprint density at radius 3 is 2.89 bits per heavy atom.